The molecule has 0 atom stereocenters. The molecule has 0 amide bonds. The summed E-state index contributed by atoms with van der Waals surface area (Å²) in [5.74, 6) is 1.53. The van der Waals surface area contributed by atoms with Gasteiger partial charge in [0.1, 0.15) is 5.75 Å². The zero-order chi connectivity index (χ0) is 21.6. The molecule has 5 heteroatoms. The molecule has 31 heavy (non-hydrogen) atoms. The van der Waals surface area contributed by atoms with E-state index in [4.69, 9.17) is 15.1 Å². The van der Waals surface area contributed by atoms with E-state index in [1.54, 1.807) is 13.3 Å². The van der Waals surface area contributed by atoms with Crippen molar-refractivity contribution in [3.8, 4) is 5.75 Å². The first-order chi connectivity index (χ1) is 15.2. The Kier molecular flexibility index (Phi) is 6.60. The molecule has 3 aromatic rings. The van der Waals surface area contributed by atoms with E-state index < -0.39 is 0 Å². The van der Waals surface area contributed by atoms with Gasteiger partial charge in [-0.2, -0.15) is 0 Å². The molecular formula is C26H30N4O. The van der Waals surface area contributed by atoms with Gasteiger partial charge in [-0.25, -0.2) is 4.98 Å². The van der Waals surface area contributed by atoms with Gasteiger partial charge in [-0.1, -0.05) is 25.8 Å². The van der Waals surface area contributed by atoms with Gasteiger partial charge < -0.3 is 15.5 Å². The normalized spacial score (nSPS) is 13.9. The van der Waals surface area contributed by atoms with E-state index in [-0.39, 0.29) is 0 Å². The fraction of sp³-hybridized carbons (Fsp3) is 0.346. The number of fused-ring (bicyclic) bond motifs is 1. The molecule has 0 spiro atoms. The maximum Gasteiger partial charge on any atom is 0.121 e. The molecule has 1 saturated carbocycles. The van der Waals surface area contributed by atoms with Crippen LogP contribution in [0.2, 0.25) is 0 Å². The highest BCUT2D eigenvalue weighted by Gasteiger charge is 2.24. The summed E-state index contributed by atoms with van der Waals surface area (Å²) >= 11 is 0. The summed E-state index contributed by atoms with van der Waals surface area (Å²) in [6.07, 6.45) is 12.2. The average molecular weight is 415 g/mol. The fourth-order valence-corrected chi connectivity index (χ4v) is 3.75. The zero-order valence-corrected chi connectivity index (χ0v) is 18.3. The summed E-state index contributed by atoms with van der Waals surface area (Å²) in [5.41, 5.74) is 6.52. The molecule has 1 fully saturated rings. The van der Waals surface area contributed by atoms with E-state index in [9.17, 15) is 0 Å². The van der Waals surface area contributed by atoms with Crippen molar-refractivity contribution in [2.24, 2.45) is 0 Å². The predicted octanol–water partition coefficient (Wildman–Crippen LogP) is 6.87. The standard InChI is InChI=1S/C26H30N4O/c1-3-4-5-6-7-19(16-27)26-17-28-24-11-10-21(15-25(24)30-26)29-22-12-20(18-8-9-18)13-23(14-22)31-2/h7,10-18,27,29H,3-6,8-9H2,1-2H3/b19-7+,27-16?. The number of hydrogen-bond donors (Lipinski definition) is 2. The first-order valence-corrected chi connectivity index (χ1v) is 11.1. The largest absolute Gasteiger partial charge is 0.497 e. The fourth-order valence-electron chi connectivity index (χ4n) is 3.75. The van der Waals surface area contributed by atoms with E-state index in [0.29, 0.717) is 5.92 Å². The Morgan fingerprint density at radius 1 is 1.13 bits per heavy atom. The molecule has 0 aliphatic heterocycles. The quantitative estimate of drug-likeness (QED) is 0.280. The van der Waals surface area contributed by atoms with Gasteiger partial charge in [0.2, 0.25) is 0 Å². The highest BCUT2D eigenvalue weighted by molar-refractivity contribution is 6.07. The second-order valence-electron chi connectivity index (χ2n) is 8.15. The van der Waals surface area contributed by atoms with Crippen LogP contribution in [0, 0.1) is 5.41 Å². The SMILES string of the molecule is CCCCC/C=C(\C=N)c1cnc2ccc(Nc3cc(OC)cc(C4CC4)c3)cc2n1. The van der Waals surface area contributed by atoms with Crippen LogP contribution in [0.15, 0.2) is 48.7 Å². The summed E-state index contributed by atoms with van der Waals surface area (Å²) < 4.78 is 5.49. The van der Waals surface area contributed by atoms with Crippen LogP contribution in [0.5, 0.6) is 5.75 Å². The molecule has 0 bridgehead atoms. The van der Waals surface area contributed by atoms with Crippen molar-refractivity contribution in [1.82, 2.24) is 9.97 Å². The van der Waals surface area contributed by atoms with E-state index >= 15 is 0 Å². The van der Waals surface area contributed by atoms with Crippen LogP contribution in [0.25, 0.3) is 16.6 Å². The lowest BCUT2D eigenvalue weighted by Crippen LogP contribution is -1.97. The molecule has 160 valence electrons. The smallest absolute Gasteiger partial charge is 0.121 e. The van der Waals surface area contributed by atoms with Gasteiger partial charge in [0.15, 0.2) is 0 Å². The van der Waals surface area contributed by atoms with E-state index in [0.717, 1.165) is 52.3 Å². The molecule has 5 nitrogen and oxygen atoms in total. The molecule has 2 N–H and O–H groups in total. The molecule has 1 aliphatic carbocycles. The monoisotopic (exact) mass is 414 g/mol. The Bertz CT molecular complexity index is 1100. The number of aromatic nitrogens is 2. The number of rotatable bonds is 10. The van der Waals surface area contributed by atoms with Gasteiger partial charge in [-0.3, -0.25) is 4.98 Å². The van der Waals surface area contributed by atoms with Crippen molar-refractivity contribution in [2.45, 2.75) is 51.4 Å². The van der Waals surface area contributed by atoms with Gasteiger partial charge in [0.05, 0.1) is 30.0 Å². The Hall–Kier alpha value is -3.21. The van der Waals surface area contributed by atoms with Crippen LogP contribution in [0.3, 0.4) is 0 Å². The van der Waals surface area contributed by atoms with E-state index in [2.05, 4.69) is 35.4 Å². The third kappa shape index (κ3) is 5.29. The second kappa shape index (κ2) is 9.73. The maximum atomic E-state index is 7.79. The number of methoxy groups -OCH3 is 1. The number of anilines is 2. The molecule has 2 aromatic carbocycles. The second-order valence-corrected chi connectivity index (χ2v) is 8.15. The molecule has 0 unspecified atom stereocenters. The number of allylic oxidation sites excluding steroid dienone is 2. The summed E-state index contributed by atoms with van der Waals surface area (Å²) in [5, 5.41) is 11.3. The van der Waals surface area contributed by atoms with Crippen LogP contribution in [0.4, 0.5) is 11.4 Å². The van der Waals surface area contributed by atoms with Crippen molar-refractivity contribution in [3.63, 3.8) is 0 Å². The lowest BCUT2D eigenvalue weighted by atomic mass is 10.1. The molecule has 1 aliphatic rings. The molecule has 0 saturated heterocycles. The predicted molar refractivity (Wildman–Crippen MR) is 129 cm³/mol. The number of nitrogens with one attached hydrogen (secondary N) is 2. The zero-order valence-electron chi connectivity index (χ0n) is 18.3. The van der Waals surface area contributed by atoms with E-state index in [1.807, 2.05) is 24.3 Å². The molecular weight excluding hydrogens is 384 g/mol. The number of unbranched alkanes of at least 4 members (excludes halogenated alkanes) is 3. The van der Waals surface area contributed by atoms with Crippen molar-refractivity contribution in [3.05, 3.63) is 59.9 Å². The van der Waals surface area contributed by atoms with Gasteiger partial charge >= 0.3 is 0 Å². The third-order valence-corrected chi connectivity index (χ3v) is 5.67. The van der Waals surface area contributed by atoms with Crippen molar-refractivity contribution < 1.29 is 4.74 Å². The summed E-state index contributed by atoms with van der Waals surface area (Å²) in [6, 6.07) is 12.4. The maximum absolute atomic E-state index is 7.79. The van der Waals surface area contributed by atoms with Crippen LogP contribution < -0.4 is 10.1 Å². The summed E-state index contributed by atoms with van der Waals surface area (Å²) in [7, 11) is 1.71. The van der Waals surface area contributed by atoms with Gasteiger partial charge in [-0.15, -0.1) is 0 Å². The Morgan fingerprint density at radius 2 is 2.00 bits per heavy atom. The highest BCUT2D eigenvalue weighted by Crippen LogP contribution is 2.42. The number of nitrogens with zero attached hydrogens (tertiary/aromatic N) is 2. The van der Waals surface area contributed by atoms with Gasteiger partial charge in [0, 0.05) is 29.2 Å². The number of ether oxygens (including phenoxy) is 1. The van der Waals surface area contributed by atoms with E-state index in [1.165, 1.54) is 37.5 Å². The minimum absolute atomic E-state index is 0.657. The molecule has 0 radical (unpaired) electrons. The molecule has 4 rings (SSSR count). The van der Waals surface area contributed by atoms with Crippen molar-refractivity contribution in [1.29, 1.82) is 5.41 Å². The third-order valence-electron chi connectivity index (χ3n) is 5.67. The highest BCUT2D eigenvalue weighted by atomic mass is 16.5. The van der Waals surface area contributed by atoms with Crippen LogP contribution in [0.1, 0.15) is 62.6 Å². The van der Waals surface area contributed by atoms with Gasteiger partial charge in [0.25, 0.3) is 0 Å². The Morgan fingerprint density at radius 3 is 2.74 bits per heavy atom. The lowest BCUT2D eigenvalue weighted by Gasteiger charge is -2.12. The van der Waals surface area contributed by atoms with Crippen LogP contribution >= 0.6 is 0 Å². The first-order valence-electron chi connectivity index (χ1n) is 11.1. The summed E-state index contributed by atoms with van der Waals surface area (Å²) in [4.78, 5) is 9.35. The summed E-state index contributed by atoms with van der Waals surface area (Å²) in [6.45, 7) is 2.19. The minimum atomic E-state index is 0.657. The number of benzene rings is 2. The van der Waals surface area contributed by atoms with Gasteiger partial charge in [-0.05, 0) is 67.5 Å². The van der Waals surface area contributed by atoms with Crippen molar-refractivity contribution >= 4 is 34.2 Å². The minimum Gasteiger partial charge on any atom is -0.497 e. The Balaban J connectivity index is 1.58. The number of hydrogen-bond acceptors (Lipinski definition) is 5. The first kappa shape index (κ1) is 21.0. The average Bonchev–Trinajstić information content (AvgIpc) is 3.64. The lowest BCUT2D eigenvalue weighted by molar-refractivity contribution is 0.414. The Labute approximate surface area is 184 Å². The topological polar surface area (TPSA) is 70.9 Å². The molecule has 1 aromatic heterocycles. The van der Waals surface area contributed by atoms with Crippen molar-refractivity contribution in [2.75, 3.05) is 12.4 Å². The van der Waals surface area contributed by atoms with Crippen LogP contribution in [-0.2, 0) is 0 Å². The van der Waals surface area contributed by atoms with Crippen LogP contribution in [-0.4, -0.2) is 23.3 Å². The molecule has 1 heterocycles.